The number of anilines is 2. The monoisotopic (exact) mass is 570 g/mol. The highest BCUT2D eigenvalue weighted by molar-refractivity contribution is 7.11. The van der Waals surface area contributed by atoms with Gasteiger partial charge in [-0.25, -0.2) is 14.4 Å². The number of aromatic amines is 1. The molecule has 6 rings (SSSR count). The van der Waals surface area contributed by atoms with E-state index in [-0.39, 0.29) is 10.9 Å². The fraction of sp³-hybridized carbons (Fsp3) is 0.281. The van der Waals surface area contributed by atoms with E-state index in [1.807, 2.05) is 19.9 Å². The van der Waals surface area contributed by atoms with Gasteiger partial charge in [0.1, 0.15) is 23.0 Å². The summed E-state index contributed by atoms with van der Waals surface area (Å²) in [4.78, 5) is 17.8. The summed E-state index contributed by atoms with van der Waals surface area (Å²) < 4.78 is 30.1. The van der Waals surface area contributed by atoms with Crippen LogP contribution in [-0.2, 0) is 5.54 Å². The van der Waals surface area contributed by atoms with E-state index in [0.29, 0.717) is 39.9 Å². The van der Waals surface area contributed by atoms with Crippen LogP contribution in [0.15, 0.2) is 67.8 Å². The molecule has 1 aliphatic carbocycles. The number of allylic oxidation sites excluding steroid dienone is 3. The van der Waals surface area contributed by atoms with Crippen molar-refractivity contribution in [2.24, 2.45) is 5.92 Å². The summed E-state index contributed by atoms with van der Waals surface area (Å²) in [5.74, 6) is 1.08. The van der Waals surface area contributed by atoms with Gasteiger partial charge in [0, 0.05) is 45.4 Å². The minimum Gasteiger partial charge on any atom is -0.358 e. The zero-order valence-corrected chi connectivity index (χ0v) is 24.0. The van der Waals surface area contributed by atoms with Crippen LogP contribution in [0.2, 0.25) is 0 Å². The molecule has 1 aliphatic heterocycles. The number of fused-ring (bicyclic) bond motifs is 1. The number of nitrogens with one attached hydrogen (secondary N) is 3. The molecule has 1 atom stereocenters. The number of hydrogen-bond acceptors (Lipinski definition) is 6. The number of imidazole rings is 1. The zero-order chi connectivity index (χ0) is 28.7. The van der Waals surface area contributed by atoms with Gasteiger partial charge in [-0.3, -0.25) is 4.98 Å². The molecule has 1 saturated carbocycles. The molecule has 3 N–H and O–H groups in total. The van der Waals surface area contributed by atoms with Gasteiger partial charge in [0.05, 0.1) is 23.1 Å². The van der Waals surface area contributed by atoms with Crippen molar-refractivity contribution in [3.8, 4) is 11.1 Å². The minimum atomic E-state index is -0.940. The predicted molar refractivity (Wildman–Crippen MR) is 162 cm³/mol. The topological polar surface area (TPSA) is 78.5 Å². The quantitative estimate of drug-likeness (QED) is 0.186. The van der Waals surface area contributed by atoms with Crippen LogP contribution in [-0.4, -0.2) is 19.9 Å². The van der Waals surface area contributed by atoms with Crippen molar-refractivity contribution in [1.82, 2.24) is 19.9 Å². The van der Waals surface area contributed by atoms with Crippen LogP contribution < -0.4 is 10.6 Å². The third kappa shape index (κ3) is 4.88. The second-order valence-electron chi connectivity index (χ2n) is 10.9. The number of nitrogens with zero attached hydrogens (tertiary/aromatic N) is 3. The molecular weight excluding hydrogens is 538 g/mol. The fourth-order valence-electron chi connectivity index (χ4n) is 5.86. The van der Waals surface area contributed by atoms with E-state index in [4.69, 9.17) is 4.98 Å². The summed E-state index contributed by atoms with van der Waals surface area (Å²) in [6.07, 6.45) is 14.4. The van der Waals surface area contributed by atoms with Crippen molar-refractivity contribution >= 4 is 28.4 Å². The maximum Gasteiger partial charge on any atom is 0.176 e. The van der Waals surface area contributed by atoms with Gasteiger partial charge < -0.3 is 15.6 Å². The Kier molecular flexibility index (Phi) is 7.07. The van der Waals surface area contributed by atoms with Gasteiger partial charge in [-0.2, -0.15) is 4.39 Å². The average Bonchev–Trinajstić information content (AvgIpc) is 3.57. The Morgan fingerprint density at radius 3 is 2.71 bits per heavy atom. The van der Waals surface area contributed by atoms with Gasteiger partial charge in [-0.15, -0.1) is 11.3 Å². The number of H-pyrrole nitrogens is 1. The number of aromatic nitrogens is 4. The molecule has 6 nitrogen and oxygen atoms in total. The van der Waals surface area contributed by atoms with Crippen molar-refractivity contribution in [2.75, 3.05) is 10.6 Å². The van der Waals surface area contributed by atoms with Crippen molar-refractivity contribution in [3.05, 3.63) is 106 Å². The predicted octanol–water partition coefficient (Wildman–Crippen LogP) is 8.33. The first kappa shape index (κ1) is 27.1. The second-order valence-corrected chi connectivity index (χ2v) is 11.9. The molecule has 0 amide bonds. The lowest BCUT2D eigenvalue weighted by Crippen LogP contribution is -2.45. The highest BCUT2D eigenvalue weighted by Gasteiger charge is 2.47. The molecule has 0 saturated heterocycles. The molecule has 0 radical (unpaired) electrons. The first-order valence-corrected chi connectivity index (χ1v) is 14.6. The normalized spacial score (nSPS) is 18.8. The Labute approximate surface area is 242 Å². The largest absolute Gasteiger partial charge is 0.358 e. The van der Waals surface area contributed by atoms with E-state index in [0.717, 1.165) is 51.7 Å². The summed E-state index contributed by atoms with van der Waals surface area (Å²) >= 11 is 1.04. The van der Waals surface area contributed by atoms with Crippen molar-refractivity contribution < 1.29 is 8.78 Å². The average molecular weight is 571 g/mol. The molecule has 1 unspecified atom stereocenters. The van der Waals surface area contributed by atoms with E-state index in [1.165, 1.54) is 31.5 Å². The molecular formula is C32H32F2N6S. The molecule has 0 spiro atoms. The van der Waals surface area contributed by atoms with E-state index in [1.54, 1.807) is 30.6 Å². The first-order valence-electron chi connectivity index (χ1n) is 13.8. The Morgan fingerprint density at radius 1 is 1.17 bits per heavy atom. The Balaban J connectivity index is 1.31. The molecule has 41 heavy (non-hydrogen) atoms. The van der Waals surface area contributed by atoms with Gasteiger partial charge in [0.25, 0.3) is 0 Å². The summed E-state index contributed by atoms with van der Waals surface area (Å²) in [7, 11) is 0. The summed E-state index contributed by atoms with van der Waals surface area (Å²) in [6.45, 7) is 11.8. The number of aryl methyl sites for hydroxylation is 1. The number of hydrogen-bond donors (Lipinski definition) is 3. The highest BCUT2D eigenvalue weighted by Crippen LogP contribution is 2.47. The van der Waals surface area contributed by atoms with Crippen LogP contribution in [0.1, 0.15) is 66.7 Å². The fourth-order valence-corrected chi connectivity index (χ4v) is 6.62. The van der Waals surface area contributed by atoms with Crippen LogP contribution in [0.25, 0.3) is 16.7 Å². The molecule has 4 aromatic heterocycles. The lowest BCUT2D eigenvalue weighted by Gasteiger charge is -2.41. The highest BCUT2D eigenvalue weighted by atomic mass is 32.1. The summed E-state index contributed by atoms with van der Waals surface area (Å²) in [5.41, 5.74) is 4.42. The molecule has 9 heteroatoms. The minimum absolute atomic E-state index is 0.280. The molecule has 210 valence electrons. The number of rotatable bonds is 8. The number of pyridine rings is 2. The van der Waals surface area contributed by atoms with E-state index >= 15 is 4.39 Å². The van der Waals surface area contributed by atoms with Gasteiger partial charge in [-0.05, 0) is 50.8 Å². The maximum absolute atomic E-state index is 16.3. The van der Waals surface area contributed by atoms with E-state index < -0.39 is 5.54 Å². The molecule has 1 fully saturated rings. The third-order valence-electron chi connectivity index (χ3n) is 8.07. The van der Waals surface area contributed by atoms with Crippen molar-refractivity contribution in [2.45, 2.75) is 51.5 Å². The Bertz CT molecular complexity index is 1680. The van der Waals surface area contributed by atoms with Crippen LogP contribution in [0.4, 0.5) is 20.3 Å². The van der Waals surface area contributed by atoms with Crippen molar-refractivity contribution in [1.29, 1.82) is 0 Å². The van der Waals surface area contributed by atoms with Crippen molar-refractivity contribution in [3.63, 3.8) is 0 Å². The van der Waals surface area contributed by atoms with Gasteiger partial charge in [-0.1, -0.05) is 44.6 Å². The second kappa shape index (κ2) is 10.7. The first-order chi connectivity index (χ1) is 19.8. The molecule has 2 aliphatic rings. The molecule has 0 aromatic carbocycles. The van der Waals surface area contributed by atoms with Gasteiger partial charge in [0.2, 0.25) is 0 Å². The summed E-state index contributed by atoms with van der Waals surface area (Å²) in [5, 5.41) is 6.41. The van der Waals surface area contributed by atoms with E-state index in [2.05, 4.69) is 38.7 Å². The van der Waals surface area contributed by atoms with Gasteiger partial charge in [0.15, 0.2) is 5.13 Å². The van der Waals surface area contributed by atoms with Crippen LogP contribution in [0, 0.1) is 23.8 Å². The van der Waals surface area contributed by atoms with Crippen LogP contribution in [0.5, 0.6) is 0 Å². The van der Waals surface area contributed by atoms with Gasteiger partial charge >= 0.3 is 0 Å². The lowest BCUT2D eigenvalue weighted by molar-refractivity contribution is 0.405. The molecule has 5 heterocycles. The summed E-state index contributed by atoms with van der Waals surface area (Å²) in [6, 6.07) is 5.04. The molecule has 4 aromatic rings. The number of thiophene rings is 1. The molecule has 0 bridgehead atoms. The van der Waals surface area contributed by atoms with E-state index in [9.17, 15) is 4.39 Å². The van der Waals surface area contributed by atoms with Crippen LogP contribution in [0.3, 0.4) is 0 Å². The third-order valence-corrected chi connectivity index (χ3v) is 8.98. The SMILES string of the molecule is C=C/C=C(/c1ccc(F)s1)c1nc(C2(C)Nc3ncc(-c4cncc(NC(=C)C5CCCCC5)c4)c(F)c32)[nH]c1C. The Hall–Kier alpha value is -4.11. The maximum atomic E-state index is 16.3. The Morgan fingerprint density at radius 2 is 1.98 bits per heavy atom. The van der Waals surface area contributed by atoms with Crippen LogP contribution >= 0.6 is 11.3 Å². The zero-order valence-electron chi connectivity index (χ0n) is 23.2. The smallest absolute Gasteiger partial charge is 0.176 e. The number of halogens is 2. The lowest BCUT2D eigenvalue weighted by atomic mass is 9.82. The standard InChI is InChI=1S/C32H32F2N6S/c1-5-9-23(25-12-13-26(33)41-25)29-19(3)38-31(39-29)32(4)27-28(34)24(17-36-30(27)40-32)21-14-22(16-35-15-21)37-18(2)20-10-7-6-8-11-20/h5,9,12-17,20,37H,1-2,6-8,10-11H2,3-4H3,(H,36,40)(H,38,39)/b23-9-.